The van der Waals surface area contributed by atoms with Gasteiger partial charge in [-0.3, -0.25) is 5.32 Å². The zero-order valence-corrected chi connectivity index (χ0v) is 20.9. The number of rotatable bonds is 6. The topological polar surface area (TPSA) is 56.8 Å². The summed E-state index contributed by atoms with van der Waals surface area (Å²) in [5.74, 6) is 1.50. The van der Waals surface area contributed by atoms with Crippen molar-refractivity contribution in [2.24, 2.45) is 0 Å². The first-order chi connectivity index (χ1) is 17.3. The van der Waals surface area contributed by atoms with Gasteiger partial charge in [-0.25, -0.2) is 9.64 Å². The summed E-state index contributed by atoms with van der Waals surface area (Å²) >= 11 is 0. The van der Waals surface area contributed by atoms with Crippen LogP contribution in [-0.4, -0.2) is 16.3 Å². The maximum absolute atomic E-state index is 12.2. The lowest BCUT2D eigenvalue weighted by Crippen LogP contribution is -2.27. The second-order valence-electron chi connectivity index (χ2n) is 9.29. The normalized spacial score (nSPS) is 11.0. The van der Waals surface area contributed by atoms with Crippen molar-refractivity contribution in [3.63, 3.8) is 0 Å². The molecule has 1 N–H and O–H groups in total. The number of hydrogen-bond acceptors (Lipinski definition) is 3. The molecule has 1 amide bonds. The fraction of sp³-hybridized carbons (Fsp3) is 0.200. The summed E-state index contributed by atoms with van der Waals surface area (Å²) < 4.78 is 13.3. The van der Waals surface area contributed by atoms with Crippen molar-refractivity contribution < 1.29 is 14.3 Å². The number of amides is 1. The molecule has 0 atom stereocenters. The Morgan fingerprint density at radius 3 is 2.31 bits per heavy atom. The number of aromatic nitrogens is 1. The van der Waals surface area contributed by atoms with E-state index in [4.69, 9.17) is 16.0 Å². The molecule has 4 rings (SSSR count). The SMILES string of the molecule is [C-]#[N+]c1c(-c2ccc(Oc3ccccc3)cc2)cn(-c2cccc(NC(=O)OC(C)(C)C)c2)c1CC. The molecule has 6 nitrogen and oxygen atoms in total. The van der Waals surface area contributed by atoms with Gasteiger partial charge in [0.15, 0.2) is 0 Å². The molecule has 0 saturated heterocycles. The molecule has 0 spiro atoms. The minimum absolute atomic E-state index is 0.511. The van der Waals surface area contributed by atoms with Crippen molar-refractivity contribution in [1.29, 1.82) is 0 Å². The molecule has 36 heavy (non-hydrogen) atoms. The maximum atomic E-state index is 12.2. The van der Waals surface area contributed by atoms with Crippen LogP contribution in [0.4, 0.5) is 16.2 Å². The Morgan fingerprint density at radius 1 is 0.972 bits per heavy atom. The lowest BCUT2D eigenvalue weighted by Gasteiger charge is -2.20. The van der Waals surface area contributed by atoms with Gasteiger partial charge in [0.1, 0.15) is 17.1 Å². The Kier molecular flexibility index (Phi) is 7.12. The van der Waals surface area contributed by atoms with E-state index >= 15 is 0 Å². The van der Waals surface area contributed by atoms with Gasteiger partial charge in [-0.05, 0) is 75.2 Å². The van der Waals surface area contributed by atoms with Gasteiger partial charge < -0.3 is 14.0 Å². The highest BCUT2D eigenvalue weighted by atomic mass is 16.6. The van der Waals surface area contributed by atoms with E-state index in [0.717, 1.165) is 34.0 Å². The molecule has 4 aromatic rings. The van der Waals surface area contributed by atoms with E-state index in [-0.39, 0.29) is 0 Å². The largest absolute Gasteiger partial charge is 0.457 e. The summed E-state index contributed by atoms with van der Waals surface area (Å²) in [6, 6.07) is 24.9. The predicted molar refractivity (Wildman–Crippen MR) is 143 cm³/mol. The monoisotopic (exact) mass is 479 g/mol. The number of anilines is 1. The minimum atomic E-state index is -0.585. The number of para-hydroxylation sites is 1. The average molecular weight is 480 g/mol. The van der Waals surface area contributed by atoms with Crippen LogP contribution in [0.1, 0.15) is 33.4 Å². The Balaban J connectivity index is 1.64. The summed E-state index contributed by atoms with van der Waals surface area (Å²) in [6.45, 7) is 15.4. The molecule has 1 aromatic heterocycles. The van der Waals surface area contributed by atoms with Crippen LogP contribution in [0.2, 0.25) is 0 Å². The quantitative estimate of drug-likeness (QED) is 0.283. The highest BCUT2D eigenvalue weighted by Gasteiger charge is 2.19. The van der Waals surface area contributed by atoms with Crippen LogP contribution >= 0.6 is 0 Å². The van der Waals surface area contributed by atoms with Gasteiger partial charge in [0.2, 0.25) is 5.69 Å². The van der Waals surface area contributed by atoms with Crippen molar-refractivity contribution in [1.82, 2.24) is 4.57 Å². The second kappa shape index (κ2) is 10.4. The molecular formula is C30H29N3O3. The zero-order chi connectivity index (χ0) is 25.7. The maximum Gasteiger partial charge on any atom is 0.412 e. The fourth-order valence-electron chi connectivity index (χ4n) is 3.92. The number of nitrogens with zero attached hydrogens (tertiary/aromatic N) is 2. The highest BCUT2D eigenvalue weighted by Crippen LogP contribution is 2.38. The van der Waals surface area contributed by atoms with Crippen molar-refractivity contribution in [3.05, 3.63) is 102 Å². The molecule has 0 unspecified atom stereocenters. The van der Waals surface area contributed by atoms with Gasteiger partial charge in [0.25, 0.3) is 0 Å². The Bertz CT molecular complexity index is 1390. The van der Waals surface area contributed by atoms with E-state index in [1.165, 1.54) is 0 Å². The molecule has 3 aromatic carbocycles. The fourth-order valence-corrected chi connectivity index (χ4v) is 3.92. The van der Waals surface area contributed by atoms with Crippen molar-refractivity contribution in [2.75, 3.05) is 5.32 Å². The van der Waals surface area contributed by atoms with Gasteiger partial charge in [0, 0.05) is 28.8 Å². The summed E-state index contributed by atoms with van der Waals surface area (Å²) in [5, 5.41) is 2.79. The van der Waals surface area contributed by atoms with Crippen LogP contribution < -0.4 is 10.1 Å². The molecule has 1 heterocycles. The second-order valence-corrected chi connectivity index (χ2v) is 9.29. The summed E-state index contributed by atoms with van der Waals surface area (Å²) in [7, 11) is 0. The van der Waals surface area contributed by atoms with Crippen molar-refractivity contribution in [3.8, 4) is 28.3 Å². The highest BCUT2D eigenvalue weighted by molar-refractivity contribution is 5.86. The molecule has 0 aliphatic rings. The number of nitrogens with one attached hydrogen (secondary N) is 1. The number of hydrogen-bond donors (Lipinski definition) is 1. The lowest BCUT2D eigenvalue weighted by atomic mass is 10.1. The van der Waals surface area contributed by atoms with E-state index in [2.05, 4.69) is 10.2 Å². The van der Waals surface area contributed by atoms with E-state index in [1.54, 1.807) is 0 Å². The standard InChI is InChI=1S/C30H29N3O3/c1-6-27-28(31-5)26(21-15-17-25(18-16-21)35-24-13-8-7-9-14-24)20-33(27)23-12-10-11-22(19-23)32-29(34)36-30(2,3)4/h7-20H,6H2,1-4H3,(H,32,34). The zero-order valence-electron chi connectivity index (χ0n) is 20.9. The number of benzene rings is 3. The molecule has 0 saturated carbocycles. The third kappa shape index (κ3) is 5.76. The Labute approximate surface area is 211 Å². The van der Waals surface area contributed by atoms with Crippen LogP contribution in [0.5, 0.6) is 11.5 Å². The van der Waals surface area contributed by atoms with E-state index in [9.17, 15) is 4.79 Å². The first kappa shape index (κ1) is 24.6. The van der Waals surface area contributed by atoms with Crippen LogP contribution in [0.3, 0.4) is 0 Å². The summed E-state index contributed by atoms with van der Waals surface area (Å²) in [6.07, 6.45) is 2.14. The lowest BCUT2D eigenvalue weighted by molar-refractivity contribution is 0.0636. The van der Waals surface area contributed by atoms with Gasteiger partial charge in [-0.1, -0.05) is 43.3 Å². The van der Waals surface area contributed by atoms with Gasteiger partial charge in [-0.15, -0.1) is 0 Å². The van der Waals surface area contributed by atoms with Crippen LogP contribution in [0.25, 0.3) is 21.7 Å². The first-order valence-corrected chi connectivity index (χ1v) is 11.8. The van der Waals surface area contributed by atoms with Gasteiger partial charge >= 0.3 is 6.09 Å². The third-order valence-electron chi connectivity index (χ3n) is 5.44. The van der Waals surface area contributed by atoms with Crippen LogP contribution in [-0.2, 0) is 11.2 Å². The molecule has 182 valence electrons. The third-order valence-corrected chi connectivity index (χ3v) is 5.44. The number of ether oxygens (including phenoxy) is 2. The first-order valence-electron chi connectivity index (χ1n) is 11.8. The average Bonchev–Trinajstić information content (AvgIpc) is 3.23. The molecule has 0 radical (unpaired) electrons. The summed E-state index contributed by atoms with van der Waals surface area (Å²) in [4.78, 5) is 16.1. The molecule has 0 aliphatic carbocycles. The van der Waals surface area contributed by atoms with E-state index in [0.29, 0.717) is 17.8 Å². The molecule has 0 bridgehead atoms. The Morgan fingerprint density at radius 2 is 1.67 bits per heavy atom. The number of carbonyl (C=O) groups is 1. The van der Waals surface area contributed by atoms with Crippen molar-refractivity contribution >= 4 is 17.5 Å². The van der Waals surface area contributed by atoms with E-state index in [1.807, 2.05) is 117 Å². The van der Waals surface area contributed by atoms with Crippen molar-refractivity contribution in [2.45, 2.75) is 39.7 Å². The molecule has 6 heteroatoms. The molecule has 0 aliphatic heterocycles. The molecule has 0 fully saturated rings. The predicted octanol–water partition coefficient (Wildman–Crippen LogP) is 8.40. The Hall–Kier alpha value is -4.50. The smallest absolute Gasteiger partial charge is 0.412 e. The van der Waals surface area contributed by atoms with E-state index < -0.39 is 11.7 Å². The minimum Gasteiger partial charge on any atom is -0.457 e. The van der Waals surface area contributed by atoms with Crippen LogP contribution in [0, 0.1) is 6.57 Å². The summed E-state index contributed by atoms with van der Waals surface area (Å²) in [5.41, 5.74) is 4.17. The van der Waals surface area contributed by atoms with Crippen LogP contribution in [0.15, 0.2) is 85.1 Å². The van der Waals surface area contributed by atoms with Gasteiger partial charge in [-0.2, -0.15) is 0 Å². The van der Waals surface area contributed by atoms with Gasteiger partial charge in [0.05, 0.1) is 6.57 Å². The molecular weight excluding hydrogens is 450 g/mol. The number of carbonyl (C=O) groups excluding carboxylic acids is 1.